The normalized spacial score (nSPS) is 20.9. The lowest BCUT2D eigenvalue weighted by molar-refractivity contribution is 0.0981. The quantitative estimate of drug-likeness (QED) is 0.753. The van der Waals surface area contributed by atoms with Crippen LogP contribution in [-0.2, 0) is 16.4 Å². The smallest absolute Gasteiger partial charge is 0.152 e. The number of aryl methyl sites for hydroxylation is 1. The van der Waals surface area contributed by atoms with Crippen molar-refractivity contribution in [3.8, 4) is 0 Å². The van der Waals surface area contributed by atoms with Gasteiger partial charge in [-0.1, -0.05) is 0 Å². The van der Waals surface area contributed by atoms with Crippen molar-refractivity contribution in [1.82, 2.24) is 14.7 Å². The molecule has 1 fully saturated rings. The Labute approximate surface area is 119 Å². The highest BCUT2D eigenvalue weighted by atomic mass is 32.2. The third-order valence-corrected chi connectivity index (χ3v) is 5.34. The van der Waals surface area contributed by atoms with Crippen LogP contribution in [-0.4, -0.2) is 65.4 Å². The highest BCUT2D eigenvalue weighted by Gasteiger charge is 2.23. The lowest BCUT2D eigenvalue weighted by Gasteiger charge is -2.28. The number of hydrogen-bond donors (Lipinski definition) is 2. The van der Waals surface area contributed by atoms with E-state index in [1.165, 1.54) is 0 Å². The molecule has 0 saturated carbocycles. The van der Waals surface area contributed by atoms with Crippen LogP contribution in [0.5, 0.6) is 0 Å². The van der Waals surface area contributed by atoms with Crippen LogP contribution in [0.2, 0.25) is 0 Å². The molecular formula is C12H22N4O3S. The summed E-state index contributed by atoms with van der Waals surface area (Å²) in [4.78, 5) is 1.97. The summed E-state index contributed by atoms with van der Waals surface area (Å²) >= 11 is 0. The Kier molecular flexibility index (Phi) is 4.36. The van der Waals surface area contributed by atoms with Crippen LogP contribution < -0.4 is 5.73 Å². The molecule has 2 rings (SSSR count). The number of hydrogen-bond acceptors (Lipinski definition) is 6. The molecule has 1 saturated heterocycles. The molecule has 0 amide bonds. The van der Waals surface area contributed by atoms with Gasteiger partial charge in [0.15, 0.2) is 9.84 Å². The van der Waals surface area contributed by atoms with Gasteiger partial charge in [-0.2, -0.15) is 5.10 Å². The first-order chi connectivity index (χ1) is 9.28. The minimum Gasteiger partial charge on any atom is -0.396 e. The summed E-state index contributed by atoms with van der Waals surface area (Å²) in [6, 6.07) is 0. The number of sulfone groups is 1. The number of nitrogens with zero attached hydrogens (tertiary/aromatic N) is 3. The zero-order valence-electron chi connectivity index (χ0n) is 11.9. The van der Waals surface area contributed by atoms with Crippen LogP contribution in [0.25, 0.3) is 0 Å². The molecule has 3 N–H and O–H groups in total. The van der Waals surface area contributed by atoms with Crippen LogP contribution in [0.1, 0.15) is 11.4 Å². The Morgan fingerprint density at radius 3 is 2.40 bits per heavy atom. The number of anilines is 1. The van der Waals surface area contributed by atoms with E-state index in [0.717, 1.165) is 11.4 Å². The molecule has 7 nitrogen and oxygen atoms in total. The second-order valence-corrected chi connectivity index (χ2v) is 7.68. The molecule has 0 spiro atoms. The monoisotopic (exact) mass is 302 g/mol. The molecule has 1 aliphatic rings. The van der Waals surface area contributed by atoms with E-state index in [2.05, 4.69) is 5.10 Å². The lowest BCUT2D eigenvalue weighted by atomic mass is 10.3. The van der Waals surface area contributed by atoms with Gasteiger partial charge >= 0.3 is 0 Å². The second-order valence-electron chi connectivity index (χ2n) is 5.37. The highest BCUT2D eigenvalue weighted by Crippen LogP contribution is 2.15. The fraction of sp³-hybridized carbons (Fsp3) is 0.750. The molecule has 0 aliphatic carbocycles. The summed E-state index contributed by atoms with van der Waals surface area (Å²) in [7, 11) is -2.88. The van der Waals surface area contributed by atoms with Crippen molar-refractivity contribution in [3.63, 3.8) is 0 Å². The van der Waals surface area contributed by atoms with Gasteiger partial charge in [-0.3, -0.25) is 9.58 Å². The molecule has 20 heavy (non-hydrogen) atoms. The van der Waals surface area contributed by atoms with Crippen LogP contribution in [0.3, 0.4) is 0 Å². The van der Waals surface area contributed by atoms with Gasteiger partial charge in [0.05, 0.1) is 41.2 Å². The third-order valence-electron chi connectivity index (χ3n) is 3.73. The SMILES string of the molecule is Cc1nn(CC(O)CN2CCS(=O)(=O)CC2)c(C)c1N. The minimum atomic E-state index is -2.88. The average Bonchev–Trinajstić information content (AvgIpc) is 2.60. The summed E-state index contributed by atoms with van der Waals surface area (Å²) in [6.45, 7) is 5.49. The van der Waals surface area contributed by atoms with E-state index >= 15 is 0 Å². The van der Waals surface area contributed by atoms with Gasteiger partial charge < -0.3 is 10.8 Å². The second kappa shape index (κ2) is 5.71. The van der Waals surface area contributed by atoms with Crippen molar-refractivity contribution in [2.75, 3.05) is 36.9 Å². The summed E-state index contributed by atoms with van der Waals surface area (Å²) in [5, 5.41) is 14.4. The number of aliphatic hydroxyl groups is 1. The molecule has 0 bridgehead atoms. The van der Waals surface area contributed by atoms with E-state index < -0.39 is 15.9 Å². The Bertz CT molecular complexity index is 568. The number of nitrogens with two attached hydrogens (primary N) is 1. The molecule has 1 aromatic rings. The van der Waals surface area contributed by atoms with E-state index in [4.69, 9.17) is 5.73 Å². The molecule has 1 unspecified atom stereocenters. The first-order valence-electron chi connectivity index (χ1n) is 6.69. The number of aliphatic hydroxyl groups excluding tert-OH is 1. The predicted molar refractivity (Wildman–Crippen MR) is 77.2 cm³/mol. The number of β-amino-alcohol motifs (C(OH)–C–C–N with tert-alkyl or cyclic N) is 1. The van der Waals surface area contributed by atoms with Crippen molar-refractivity contribution in [2.45, 2.75) is 26.5 Å². The summed E-state index contributed by atoms with van der Waals surface area (Å²) < 4.78 is 24.4. The molecule has 8 heteroatoms. The number of rotatable bonds is 4. The van der Waals surface area contributed by atoms with E-state index in [9.17, 15) is 13.5 Å². The summed E-state index contributed by atoms with van der Waals surface area (Å²) in [5.41, 5.74) is 8.12. The fourth-order valence-electron chi connectivity index (χ4n) is 2.38. The molecule has 1 atom stereocenters. The van der Waals surface area contributed by atoms with Crippen LogP contribution in [0.4, 0.5) is 5.69 Å². The molecular weight excluding hydrogens is 280 g/mol. The third kappa shape index (κ3) is 3.50. The molecule has 1 aromatic heterocycles. The van der Waals surface area contributed by atoms with E-state index in [1.54, 1.807) is 4.68 Å². The number of nitrogen functional groups attached to an aromatic ring is 1. The van der Waals surface area contributed by atoms with Gasteiger partial charge in [-0.15, -0.1) is 0 Å². The van der Waals surface area contributed by atoms with E-state index in [0.29, 0.717) is 31.9 Å². The maximum absolute atomic E-state index is 11.3. The minimum absolute atomic E-state index is 0.173. The van der Waals surface area contributed by atoms with Crippen molar-refractivity contribution in [2.24, 2.45) is 0 Å². The maximum Gasteiger partial charge on any atom is 0.152 e. The highest BCUT2D eigenvalue weighted by molar-refractivity contribution is 7.91. The first-order valence-corrected chi connectivity index (χ1v) is 8.51. The average molecular weight is 302 g/mol. The molecule has 0 aromatic carbocycles. The Hall–Kier alpha value is -1.12. The van der Waals surface area contributed by atoms with Crippen LogP contribution in [0.15, 0.2) is 0 Å². The van der Waals surface area contributed by atoms with Crippen LogP contribution >= 0.6 is 0 Å². The van der Waals surface area contributed by atoms with Gasteiger partial charge in [-0.25, -0.2) is 8.42 Å². The largest absolute Gasteiger partial charge is 0.396 e. The summed E-state index contributed by atoms with van der Waals surface area (Å²) in [5.74, 6) is 0.346. The topological polar surface area (TPSA) is 101 Å². The number of aromatic nitrogens is 2. The molecule has 2 heterocycles. The van der Waals surface area contributed by atoms with Gasteiger partial charge in [0.25, 0.3) is 0 Å². The lowest BCUT2D eigenvalue weighted by Crippen LogP contribution is -2.44. The zero-order chi connectivity index (χ0) is 14.9. The van der Waals surface area contributed by atoms with Gasteiger partial charge in [-0.05, 0) is 13.8 Å². The first kappa shape index (κ1) is 15.3. The Morgan fingerprint density at radius 1 is 1.30 bits per heavy atom. The van der Waals surface area contributed by atoms with Crippen molar-refractivity contribution < 1.29 is 13.5 Å². The van der Waals surface area contributed by atoms with E-state index in [-0.39, 0.29) is 11.5 Å². The van der Waals surface area contributed by atoms with Crippen LogP contribution in [0, 0.1) is 13.8 Å². The standard InChI is InChI=1S/C12H22N4O3S/c1-9-12(13)10(2)16(14-9)8-11(17)7-15-3-5-20(18,19)6-4-15/h11,17H,3-8,13H2,1-2H3. The van der Waals surface area contributed by atoms with Gasteiger partial charge in [0.1, 0.15) is 0 Å². The Morgan fingerprint density at radius 2 is 1.90 bits per heavy atom. The maximum atomic E-state index is 11.3. The predicted octanol–water partition coefficient (Wildman–Crippen LogP) is -0.827. The molecule has 0 radical (unpaired) electrons. The molecule has 1 aliphatic heterocycles. The molecule has 114 valence electrons. The van der Waals surface area contributed by atoms with Crippen molar-refractivity contribution in [1.29, 1.82) is 0 Å². The van der Waals surface area contributed by atoms with E-state index in [1.807, 2.05) is 18.7 Å². The Balaban J connectivity index is 1.90. The van der Waals surface area contributed by atoms with Gasteiger partial charge in [0.2, 0.25) is 0 Å². The van der Waals surface area contributed by atoms with Gasteiger partial charge in [0, 0.05) is 19.6 Å². The fourth-order valence-corrected chi connectivity index (χ4v) is 3.65. The van der Waals surface area contributed by atoms with Crippen molar-refractivity contribution >= 4 is 15.5 Å². The van der Waals surface area contributed by atoms with Crippen molar-refractivity contribution in [3.05, 3.63) is 11.4 Å². The summed E-state index contributed by atoms with van der Waals surface area (Å²) in [6.07, 6.45) is -0.590. The zero-order valence-corrected chi connectivity index (χ0v) is 12.7.